The summed E-state index contributed by atoms with van der Waals surface area (Å²) in [5.74, 6) is -0.0168. The van der Waals surface area contributed by atoms with Gasteiger partial charge < -0.3 is 5.32 Å². The van der Waals surface area contributed by atoms with Crippen LogP contribution in [0, 0.1) is 0 Å². The molecule has 0 bridgehead atoms. The van der Waals surface area contributed by atoms with E-state index < -0.39 is 0 Å². The number of nitrogens with one attached hydrogen (secondary N) is 1. The molecule has 4 rings (SSSR count). The first-order valence-electron chi connectivity index (χ1n) is 9.51. The van der Waals surface area contributed by atoms with Crippen LogP contribution in [0.1, 0.15) is 12.5 Å². The van der Waals surface area contributed by atoms with E-state index >= 15 is 0 Å². The summed E-state index contributed by atoms with van der Waals surface area (Å²) in [6.45, 7) is 2.41. The average Bonchev–Trinajstić information content (AvgIpc) is 2.79. The molecule has 0 aliphatic carbocycles. The van der Waals surface area contributed by atoms with Crippen LogP contribution in [0.4, 0.5) is 0 Å². The Morgan fingerprint density at radius 2 is 1.48 bits per heavy atom. The number of thioether (sulfide) groups is 1. The Bertz CT molecular complexity index is 1120. The zero-order chi connectivity index (χ0) is 20.1. The summed E-state index contributed by atoms with van der Waals surface area (Å²) in [6.07, 6.45) is 0. The smallest absolute Gasteiger partial charge is 0.233 e. The van der Waals surface area contributed by atoms with E-state index in [4.69, 9.17) is 0 Å². The van der Waals surface area contributed by atoms with E-state index in [1.807, 2.05) is 85.8 Å². The topological polar surface area (TPSA) is 54.9 Å². The molecule has 0 spiro atoms. The van der Waals surface area contributed by atoms with Crippen molar-refractivity contribution < 1.29 is 4.79 Å². The Morgan fingerprint density at radius 3 is 2.21 bits per heavy atom. The van der Waals surface area contributed by atoms with Gasteiger partial charge in [-0.1, -0.05) is 96.7 Å². The zero-order valence-electron chi connectivity index (χ0n) is 16.1. The highest BCUT2D eigenvalue weighted by Crippen LogP contribution is 2.33. The fourth-order valence-corrected chi connectivity index (χ4v) is 4.04. The fourth-order valence-electron chi connectivity index (χ4n) is 3.13. The fraction of sp³-hybridized carbons (Fsp3) is 0.125. The Labute approximate surface area is 174 Å². The number of fused-ring (bicyclic) bond motifs is 1. The third-order valence-electron chi connectivity index (χ3n) is 4.67. The van der Waals surface area contributed by atoms with Gasteiger partial charge in [0.05, 0.1) is 5.25 Å². The molecule has 1 heterocycles. The third-order valence-corrected chi connectivity index (χ3v) is 5.76. The summed E-state index contributed by atoms with van der Waals surface area (Å²) in [4.78, 5) is 12.6. The molecule has 0 saturated carbocycles. The largest absolute Gasteiger partial charge is 0.351 e. The molecular formula is C24H21N3OS. The van der Waals surface area contributed by atoms with Crippen LogP contribution < -0.4 is 5.32 Å². The number of aromatic nitrogens is 2. The monoisotopic (exact) mass is 399 g/mol. The lowest BCUT2D eigenvalue weighted by Crippen LogP contribution is -2.30. The molecule has 1 aromatic heterocycles. The molecule has 0 aliphatic heterocycles. The van der Waals surface area contributed by atoms with Crippen molar-refractivity contribution in [1.82, 2.24) is 15.5 Å². The van der Waals surface area contributed by atoms with Crippen LogP contribution in [-0.4, -0.2) is 21.4 Å². The lowest BCUT2D eigenvalue weighted by molar-refractivity contribution is -0.120. The second-order valence-corrected chi connectivity index (χ2v) is 8.06. The molecule has 1 N–H and O–H groups in total. The van der Waals surface area contributed by atoms with Crippen LogP contribution in [-0.2, 0) is 11.3 Å². The highest BCUT2D eigenvalue weighted by molar-refractivity contribution is 8.00. The van der Waals surface area contributed by atoms with Crippen LogP contribution in [0.15, 0.2) is 90.0 Å². The molecule has 0 aliphatic rings. The number of rotatable bonds is 6. The van der Waals surface area contributed by atoms with Crippen molar-refractivity contribution in [3.63, 3.8) is 0 Å². The second kappa shape index (κ2) is 8.88. The Hall–Kier alpha value is -3.18. The van der Waals surface area contributed by atoms with Crippen molar-refractivity contribution >= 4 is 28.4 Å². The first-order chi connectivity index (χ1) is 14.2. The minimum Gasteiger partial charge on any atom is -0.351 e. The van der Waals surface area contributed by atoms with Crippen LogP contribution in [0.25, 0.3) is 22.0 Å². The molecule has 5 heteroatoms. The van der Waals surface area contributed by atoms with Gasteiger partial charge in [-0.15, -0.1) is 10.2 Å². The van der Waals surface area contributed by atoms with Crippen LogP contribution in [0.2, 0.25) is 0 Å². The summed E-state index contributed by atoms with van der Waals surface area (Å²) in [5.41, 5.74) is 2.96. The highest BCUT2D eigenvalue weighted by atomic mass is 32.2. The van der Waals surface area contributed by atoms with Gasteiger partial charge in [-0.3, -0.25) is 4.79 Å². The molecular weight excluding hydrogens is 378 g/mol. The molecule has 1 unspecified atom stereocenters. The number of carbonyl (C=O) groups excluding carboxylic acids is 1. The van der Waals surface area contributed by atoms with Crippen molar-refractivity contribution in [2.24, 2.45) is 0 Å². The van der Waals surface area contributed by atoms with Crippen LogP contribution in [0.5, 0.6) is 0 Å². The highest BCUT2D eigenvalue weighted by Gasteiger charge is 2.18. The number of hydrogen-bond acceptors (Lipinski definition) is 4. The third kappa shape index (κ3) is 4.46. The Kier molecular flexibility index (Phi) is 5.86. The molecule has 3 aromatic carbocycles. The molecule has 4 aromatic rings. The minimum absolute atomic E-state index is 0.0168. The maximum Gasteiger partial charge on any atom is 0.233 e. The number of carbonyl (C=O) groups is 1. The van der Waals surface area contributed by atoms with Crippen molar-refractivity contribution in [1.29, 1.82) is 0 Å². The van der Waals surface area contributed by atoms with E-state index in [2.05, 4.69) is 21.6 Å². The molecule has 0 saturated heterocycles. The minimum atomic E-state index is -0.279. The quantitative estimate of drug-likeness (QED) is 0.459. The molecule has 1 amide bonds. The van der Waals surface area contributed by atoms with Crippen LogP contribution in [0.3, 0.4) is 0 Å². The number of hydrogen-bond donors (Lipinski definition) is 1. The summed E-state index contributed by atoms with van der Waals surface area (Å²) in [6, 6.07) is 28.0. The van der Waals surface area contributed by atoms with Gasteiger partial charge in [0.15, 0.2) is 0 Å². The summed E-state index contributed by atoms with van der Waals surface area (Å²) in [5, 5.41) is 14.5. The van der Waals surface area contributed by atoms with Gasteiger partial charge in [0, 0.05) is 22.9 Å². The van der Waals surface area contributed by atoms with Gasteiger partial charge in [-0.05, 0) is 12.5 Å². The van der Waals surface area contributed by atoms with Gasteiger partial charge in [-0.25, -0.2) is 0 Å². The second-order valence-electron chi connectivity index (χ2n) is 6.73. The summed E-state index contributed by atoms with van der Waals surface area (Å²) < 4.78 is 0. The van der Waals surface area contributed by atoms with Gasteiger partial charge in [0.1, 0.15) is 10.7 Å². The van der Waals surface area contributed by atoms with Crippen molar-refractivity contribution in [3.8, 4) is 11.3 Å². The van der Waals surface area contributed by atoms with E-state index in [9.17, 15) is 4.79 Å². The molecule has 4 nitrogen and oxygen atoms in total. The molecule has 29 heavy (non-hydrogen) atoms. The number of amides is 1. The Morgan fingerprint density at radius 1 is 0.862 bits per heavy atom. The number of benzene rings is 3. The maximum absolute atomic E-state index is 12.6. The lowest BCUT2D eigenvalue weighted by atomic mass is 10.1. The predicted octanol–water partition coefficient (Wildman–Crippen LogP) is 5.09. The van der Waals surface area contributed by atoms with Gasteiger partial charge in [0.25, 0.3) is 0 Å². The van der Waals surface area contributed by atoms with Gasteiger partial charge >= 0.3 is 0 Å². The predicted molar refractivity (Wildman–Crippen MR) is 119 cm³/mol. The zero-order valence-corrected chi connectivity index (χ0v) is 16.9. The van der Waals surface area contributed by atoms with Crippen molar-refractivity contribution in [3.05, 3.63) is 90.5 Å². The van der Waals surface area contributed by atoms with Crippen LogP contribution >= 0.6 is 11.8 Å². The molecule has 0 fully saturated rings. The SMILES string of the molecule is CC(Sc1nnc(-c2ccccc2)c2ccccc12)C(=O)NCc1ccccc1. The lowest BCUT2D eigenvalue weighted by Gasteiger charge is -2.14. The van der Waals surface area contributed by atoms with Crippen molar-refractivity contribution in [2.75, 3.05) is 0 Å². The van der Waals surface area contributed by atoms with Crippen molar-refractivity contribution in [2.45, 2.75) is 23.7 Å². The standard InChI is InChI=1S/C24H21N3OS/c1-17(23(28)25-16-18-10-4-2-5-11-18)29-24-21-15-9-8-14-20(21)22(26-27-24)19-12-6-3-7-13-19/h2-15,17H,16H2,1H3,(H,25,28). The molecule has 0 radical (unpaired) electrons. The Balaban J connectivity index is 1.54. The summed E-state index contributed by atoms with van der Waals surface area (Å²) in [7, 11) is 0. The van der Waals surface area contributed by atoms with E-state index in [1.54, 1.807) is 0 Å². The van der Waals surface area contributed by atoms with E-state index in [1.165, 1.54) is 11.8 Å². The van der Waals surface area contributed by atoms with E-state index in [0.717, 1.165) is 32.6 Å². The average molecular weight is 400 g/mol. The number of nitrogens with zero attached hydrogens (tertiary/aromatic N) is 2. The van der Waals surface area contributed by atoms with Gasteiger partial charge in [0.2, 0.25) is 5.91 Å². The van der Waals surface area contributed by atoms with Gasteiger partial charge in [-0.2, -0.15) is 0 Å². The first kappa shape index (κ1) is 19.2. The summed E-state index contributed by atoms with van der Waals surface area (Å²) >= 11 is 1.43. The molecule has 144 valence electrons. The van der Waals surface area contributed by atoms with E-state index in [0.29, 0.717) is 6.54 Å². The van der Waals surface area contributed by atoms with E-state index in [-0.39, 0.29) is 11.2 Å². The maximum atomic E-state index is 12.6. The first-order valence-corrected chi connectivity index (χ1v) is 10.4. The normalized spacial score (nSPS) is 11.9. The molecule has 1 atom stereocenters.